The summed E-state index contributed by atoms with van der Waals surface area (Å²) in [5.41, 5.74) is 6.23. The summed E-state index contributed by atoms with van der Waals surface area (Å²) < 4.78 is 15.7. The standard InChI is InChI=1S/C14H10FN5O/c1-19-8-17-13-10(14(19)21)7-18-20(13)5-4-9-2-3-11(15)12(16)6-9/h2-3,6-8H,16H2,1H3. The quantitative estimate of drug-likeness (QED) is 0.487. The molecule has 0 fully saturated rings. The van der Waals surface area contributed by atoms with Crippen LogP contribution in [0, 0.1) is 17.8 Å². The lowest BCUT2D eigenvalue weighted by molar-refractivity contribution is 0.632. The Morgan fingerprint density at radius 3 is 2.95 bits per heavy atom. The molecule has 1 aromatic carbocycles. The second kappa shape index (κ2) is 4.76. The van der Waals surface area contributed by atoms with Crippen molar-refractivity contribution in [2.24, 2.45) is 7.05 Å². The topological polar surface area (TPSA) is 78.7 Å². The molecular formula is C14H10FN5O. The highest BCUT2D eigenvalue weighted by Crippen LogP contribution is 2.11. The van der Waals surface area contributed by atoms with Crippen molar-refractivity contribution >= 4 is 16.7 Å². The van der Waals surface area contributed by atoms with Crippen LogP contribution in [0.4, 0.5) is 10.1 Å². The number of aryl methyl sites for hydroxylation is 1. The van der Waals surface area contributed by atoms with Gasteiger partial charge in [0.1, 0.15) is 11.2 Å². The van der Waals surface area contributed by atoms with E-state index in [2.05, 4.69) is 22.0 Å². The highest BCUT2D eigenvalue weighted by Gasteiger charge is 2.07. The van der Waals surface area contributed by atoms with Crippen molar-refractivity contribution in [3.8, 4) is 12.0 Å². The molecule has 0 radical (unpaired) electrons. The maximum Gasteiger partial charge on any atom is 0.264 e. The van der Waals surface area contributed by atoms with Gasteiger partial charge in [-0.15, -0.1) is 0 Å². The SMILES string of the molecule is Cn1cnc2c(cnn2C#Cc2ccc(F)c(N)c2)c1=O. The Kier molecular flexibility index (Phi) is 2.92. The molecule has 2 heterocycles. The van der Waals surface area contributed by atoms with Crippen LogP contribution < -0.4 is 11.3 Å². The molecule has 2 N–H and O–H groups in total. The Hall–Kier alpha value is -3.14. The first-order valence-electron chi connectivity index (χ1n) is 6.02. The lowest BCUT2D eigenvalue weighted by atomic mass is 10.2. The van der Waals surface area contributed by atoms with Gasteiger partial charge in [-0.25, -0.2) is 9.37 Å². The summed E-state index contributed by atoms with van der Waals surface area (Å²) in [6, 6.07) is 6.93. The first-order valence-corrected chi connectivity index (χ1v) is 6.02. The lowest BCUT2D eigenvalue weighted by Gasteiger charge is -1.97. The Morgan fingerprint density at radius 1 is 1.38 bits per heavy atom. The van der Waals surface area contributed by atoms with Gasteiger partial charge in [0.05, 0.1) is 18.2 Å². The molecule has 0 aliphatic heterocycles. The summed E-state index contributed by atoms with van der Waals surface area (Å²) in [5.74, 6) is 2.31. The van der Waals surface area contributed by atoms with Gasteiger partial charge in [-0.3, -0.25) is 4.79 Å². The number of hydrogen-bond donors (Lipinski definition) is 1. The van der Waals surface area contributed by atoms with Gasteiger partial charge in [0.15, 0.2) is 5.65 Å². The van der Waals surface area contributed by atoms with Crippen LogP contribution in [0.3, 0.4) is 0 Å². The smallest absolute Gasteiger partial charge is 0.264 e. The minimum atomic E-state index is -0.491. The molecule has 0 bridgehead atoms. The lowest BCUT2D eigenvalue weighted by Crippen LogP contribution is -2.16. The third-order valence-corrected chi connectivity index (χ3v) is 2.95. The van der Waals surface area contributed by atoms with Gasteiger partial charge >= 0.3 is 0 Å². The van der Waals surface area contributed by atoms with E-state index < -0.39 is 5.82 Å². The summed E-state index contributed by atoms with van der Waals surface area (Å²) in [6.07, 6.45) is 2.82. The zero-order valence-electron chi connectivity index (χ0n) is 11.0. The van der Waals surface area contributed by atoms with Crippen molar-refractivity contribution in [2.45, 2.75) is 0 Å². The van der Waals surface area contributed by atoms with Gasteiger partial charge in [-0.1, -0.05) is 0 Å². The molecule has 0 saturated heterocycles. The van der Waals surface area contributed by atoms with Crippen molar-refractivity contribution in [1.82, 2.24) is 19.3 Å². The molecule has 3 aromatic rings. The molecule has 0 unspecified atom stereocenters. The monoisotopic (exact) mass is 283 g/mol. The predicted molar refractivity (Wildman–Crippen MR) is 75.9 cm³/mol. The minimum absolute atomic E-state index is 0.0270. The molecule has 7 heteroatoms. The number of benzene rings is 1. The van der Waals surface area contributed by atoms with Crippen LogP contribution >= 0.6 is 0 Å². The zero-order chi connectivity index (χ0) is 15.0. The van der Waals surface area contributed by atoms with Crippen LogP contribution in [0.5, 0.6) is 0 Å². The maximum atomic E-state index is 13.1. The van der Waals surface area contributed by atoms with E-state index >= 15 is 0 Å². The molecule has 0 amide bonds. The first kappa shape index (κ1) is 12.9. The van der Waals surface area contributed by atoms with E-state index in [4.69, 9.17) is 5.73 Å². The average Bonchev–Trinajstić information content (AvgIpc) is 2.88. The van der Waals surface area contributed by atoms with E-state index in [1.54, 1.807) is 7.05 Å². The van der Waals surface area contributed by atoms with Crippen LogP contribution in [0.25, 0.3) is 11.0 Å². The molecule has 21 heavy (non-hydrogen) atoms. The number of hydrogen-bond acceptors (Lipinski definition) is 4. The third kappa shape index (κ3) is 2.23. The number of rotatable bonds is 0. The Labute approximate surface area is 118 Å². The summed E-state index contributed by atoms with van der Waals surface area (Å²) in [4.78, 5) is 16.0. The van der Waals surface area contributed by atoms with Crippen LogP contribution in [-0.2, 0) is 7.05 Å². The Balaban J connectivity index is 2.07. The summed E-state index contributed by atoms with van der Waals surface area (Å²) in [7, 11) is 1.61. The van der Waals surface area contributed by atoms with Crippen molar-refractivity contribution in [2.75, 3.05) is 5.73 Å². The molecule has 0 atom stereocenters. The number of nitrogens with two attached hydrogens (primary N) is 1. The van der Waals surface area contributed by atoms with Crippen LogP contribution in [0.15, 0.2) is 35.5 Å². The minimum Gasteiger partial charge on any atom is -0.396 e. The van der Waals surface area contributed by atoms with E-state index in [-0.39, 0.29) is 11.2 Å². The number of nitrogens with zero attached hydrogens (tertiary/aromatic N) is 4. The average molecular weight is 283 g/mol. The van der Waals surface area contributed by atoms with Crippen molar-refractivity contribution in [3.63, 3.8) is 0 Å². The van der Waals surface area contributed by atoms with Crippen LogP contribution in [0.1, 0.15) is 5.56 Å². The zero-order valence-corrected chi connectivity index (χ0v) is 11.0. The summed E-state index contributed by atoms with van der Waals surface area (Å²) in [6.45, 7) is 0. The first-order chi connectivity index (χ1) is 10.1. The van der Waals surface area contributed by atoms with E-state index in [1.807, 2.05) is 0 Å². The summed E-state index contributed by atoms with van der Waals surface area (Å²) >= 11 is 0. The Morgan fingerprint density at radius 2 is 2.19 bits per heavy atom. The number of aromatic nitrogens is 4. The molecule has 6 nitrogen and oxygen atoms in total. The van der Waals surface area contributed by atoms with Gasteiger partial charge in [-0.05, 0) is 24.1 Å². The van der Waals surface area contributed by atoms with Gasteiger partial charge in [0.25, 0.3) is 5.56 Å². The fourth-order valence-corrected chi connectivity index (χ4v) is 1.82. The van der Waals surface area contributed by atoms with E-state index in [0.29, 0.717) is 16.6 Å². The predicted octanol–water partition coefficient (Wildman–Crippen LogP) is 0.709. The van der Waals surface area contributed by atoms with Crippen molar-refractivity contribution in [3.05, 3.63) is 52.5 Å². The molecule has 104 valence electrons. The van der Waals surface area contributed by atoms with Crippen molar-refractivity contribution < 1.29 is 4.39 Å². The molecule has 3 rings (SSSR count). The fourth-order valence-electron chi connectivity index (χ4n) is 1.82. The van der Waals surface area contributed by atoms with Gasteiger partial charge in [-0.2, -0.15) is 9.78 Å². The Bertz CT molecular complexity index is 961. The summed E-state index contributed by atoms with van der Waals surface area (Å²) in [5, 5.41) is 4.40. The highest BCUT2D eigenvalue weighted by molar-refractivity contribution is 5.73. The second-order valence-corrected chi connectivity index (χ2v) is 4.43. The second-order valence-electron chi connectivity index (χ2n) is 4.43. The fraction of sp³-hybridized carbons (Fsp3) is 0.0714. The van der Waals surface area contributed by atoms with Crippen molar-refractivity contribution in [1.29, 1.82) is 0 Å². The number of halogens is 1. The maximum absolute atomic E-state index is 13.1. The van der Waals surface area contributed by atoms with Crippen LogP contribution in [0.2, 0.25) is 0 Å². The van der Waals surface area contributed by atoms with E-state index in [9.17, 15) is 9.18 Å². The molecule has 0 saturated carbocycles. The van der Waals surface area contributed by atoms with Crippen LogP contribution in [-0.4, -0.2) is 19.3 Å². The number of fused-ring (bicyclic) bond motifs is 1. The van der Waals surface area contributed by atoms with Gasteiger partial charge in [0, 0.05) is 18.7 Å². The molecule has 0 aliphatic rings. The number of nitrogen functional groups attached to an aromatic ring is 1. The number of anilines is 1. The largest absolute Gasteiger partial charge is 0.396 e. The molecule has 0 aliphatic carbocycles. The molecular weight excluding hydrogens is 273 g/mol. The van der Waals surface area contributed by atoms with Gasteiger partial charge in [0.2, 0.25) is 0 Å². The van der Waals surface area contributed by atoms with E-state index in [1.165, 1.54) is 40.0 Å². The molecule has 0 spiro atoms. The molecule has 2 aromatic heterocycles. The van der Waals surface area contributed by atoms with E-state index in [0.717, 1.165) is 0 Å². The highest BCUT2D eigenvalue weighted by atomic mass is 19.1. The normalized spacial score (nSPS) is 10.4. The third-order valence-electron chi connectivity index (χ3n) is 2.95. The van der Waals surface area contributed by atoms with Gasteiger partial charge < -0.3 is 10.3 Å².